The Kier molecular flexibility index (Phi) is 5.51. The number of hydrogen-bond acceptors (Lipinski definition) is 6. The summed E-state index contributed by atoms with van der Waals surface area (Å²) in [6.07, 6.45) is -0.427. The standard InChI is InChI=1S/C14H13F3N4O3/c15-14(16,17)8-24-11-2-1-9(5-19-11)3-4-18-13(23)12-20-6-10(22)7-21-12/h1-2,5-7,22H,3-4,8H2,(H,18,23). The highest BCUT2D eigenvalue weighted by atomic mass is 19.4. The third-order valence-corrected chi connectivity index (χ3v) is 2.72. The molecule has 0 atom stereocenters. The summed E-state index contributed by atoms with van der Waals surface area (Å²) in [6.45, 7) is -1.14. The largest absolute Gasteiger partial charge is 0.505 e. The van der Waals surface area contributed by atoms with E-state index in [1.807, 2.05) is 0 Å². The smallest absolute Gasteiger partial charge is 0.422 e. The van der Waals surface area contributed by atoms with Crippen LogP contribution in [0.4, 0.5) is 13.2 Å². The Morgan fingerprint density at radius 3 is 2.46 bits per heavy atom. The first-order chi connectivity index (χ1) is 11.3. The molecule has 10 heteroatoms. The molecule has 0 fully saturated rings. The first-order valence-corrected chi connectivity index (χ1v) is 6.77. The van der Waals surface area contributed by atoms with Gasteiger partial charge in [0.1, 0.15) is 0 Å². The van der Waals surface area contributed by atoms with Crippen molar-refractivity contribution in [3.8, 4) is 11.6 Å². The molecule has 0 aromatic carbocycles. The molecule has 0 saturated heterocycles. The molecule has 7 nitrogen and oxygen atoms in total. The maximum absolute atomic E-state index is 12.0. The number of ether oxygens (including phenoxy) is 1. The zero-order valence-corrected chi connectivity index (χ0v) is 12.2. The lowest BCUT2D eigenvalue weighted by molar-refractivity contribution is -0.154. The molecular weight excluding hydrogens is 329 g/mol. The summed E-state index contributed by atoms with van der Waals surface area (Å²) < 4.78 is 40.5. The fourth-order valence-electron chi connectivity index (χ4n) is 1.64. The average molecular weight is 342 g/mol. The summed E-state index contributed by atoms with van der Waals surface area (Å²) in [5.41, 5.74) is 0.710. The van der Waals surface area contributed by atoms with E-state index in [9.17, 15) is 18.0 Å². The molecule has 128 valence electrons. The number of rotatable bonds is 6. The maximum atomic E-state index is 12.0. The zero-order chi connectivity index (χ0) is 17.6. The van der Waals surface area contributed by atoms with E-state index < -0.39 is 18.7 Å². The van der Waals surface area contributed by atoms with E-state index in [2.05, 4.69) is 25.0 Å². The van der Waals surface area contributed by atoms with Gasteiger partial charge in [-0.05, 0) is 12.0 Å². The molecule has 2 heterocycles. The van der Waals surface area contributed by atoms with Gasteiger partial charge in [-0.2, -0.15) is 13.2 Å². The van der Waals surface area contributed by atoms with Gasteiger partial charge in [0.15, 0.2) is 12.4 Å². The van der Waals surface area contributed by atoms with Gasteiger partial charge < -0.3 is 15.2 Å². The van der Waals surface area contributed by atoms with E-state index >= 15 is 0 Å². The van der Waals surface area contributed by atoms with Gasteiger partial charge in [-0.1, -0.05) is 6.07 Å². The Bertz CT molecular complexity index is 675. The van der Waals surface area contributed by atoms with Crippen LogP contribution in [0.5, 0.6) is 11.6 Å². The molecule has 0 bridgehead atoms. The molecule has 0 aliphatic carbocycles. The summed E-state index contributed by atoms with van der Waals surface area (Å²) in [5.74, 6) is -0.863. The van der Waals surface area contributed by atoms with Crippen molar-refractivity contribution >= 4 is 5.91 Å². The molecule has 2 aromatic rings. The Labute approximate surface area is 134 Å². The Morgan fingerprint density at radius 1 is 1.17 bits per heavy atom. The Hall–Kier alpha value is -2.91. The second-order valence-corrected chi connectivity index (χ2v) is 4.68. The summed E-state index contributed by atoms with van der Waals surface area (Å²) >= 11 is 0. The molecule has 0 aliphatic heterocycles. The van der Waals surface area contributed by atoms with Crippen molar-refractivity contribution < 1.29 is 27.8 Å². The van der Waals surface area contributed by atoms with Gasteiger partial charge in [-0.25, -0.2) is 15.0 Å². The molecule has 1 amide bonds. The highest BCUT2D eigenvalue weighted by Crippen LogP contribution is 2.17. The second-order valence-electron chi connectivity index (χ2n) is 4.68. The zero-order valence-electron chi connectivity index (χ0n) is 12.2. The van der Waals surface area contributed by atoms with Gasteiger partial charge in [0.2, 0.25) is 11.7 Å². The van der Waals surface area contributed by atoms with Gasteiger partial charge >= 0.3 is 6.18 Å². The van der Waals surface area contributed by atoms with Crippen molar-refractivity contribution in [2.24, 2.45) is 0 Å². The normalized spacial score (nSPS) is 11.1. The highest BCUT2D eigenvalue weighted by molar-refractivity contribution is 5.90. The Balaban J connectivity index is 1.78. The summed E-state index contributed by atoms with van der Waals surface area (Å²) in [4.78, 5) is 22.8. The van der Waals surface area contributed by atoms with Crippen molar-refractivity contribution in [2.75, 3.05) is 13.2 Å². The van der Waals surface area contributed by atoms with Crippen LogP contribution in [-0.4, -0.2) is 45.3 Å². The summed E-state index contributed by atoms with van der Waals surface area (Å²) in [7, 11) is 0. The van der Waals surface area contributed by atoms with E-state index in [4.69, 9.17) is 5.11 Å². The lowest BCUT2D eigenvalue weighted by Crippen LogP contribution is -2.27. The first kappa shape index (κ1) is 17.4. The van der Waals surface area contributed by atoms with E-state index in [1.54, 1.807) is 6.07 Å². The minimum atomic E-state index is -4.42. The van der Waals surface area contributed by atoms with Crippen molar-refractivity contribution in [3.05, 3.63) is 42.1 Å². The van der Waals surface area contributed by atoms with E-state index in [1.165, 1.54) is 12.3 Å². The van der Waals surface area contributed by atoms with Gasteiger partial charge in [0.25, 0.3) is 5.91 Å². The molecule has 0 spiro atoms. The number of carbonyl (C=O) groups excluding carboxylic acids is 1. The minimum absolute atomic E-state index is 0.0816. The van der Waals surface area contributed by atoms with Crippen LogP contribution in [0.3, 0.4) is 0 Å². The number of nitrogens with zero attached hydrogens (tertiary/aromatic N) is 3. The number of hydrogen-bond donors (Lipinski definition) is 2. The SMILES string of the molecule is O=C(NCCc1ccc(OCC(F)(F)F)nc1)c1ncc(O)cn1. The molecule has 24 heavy (non-hydrogen) atoms. The number of aromatic hydroxyl groups is 1. The first-order valence-electron chi connectivity index (χ1n) is 6.77. The van der Waals surface area contributed by atoms with E-state index in [0.29, 0.717) is 12.0 Å². The van der Waals surface area contributed by atoms with Crippen molar-refractivity contribution in [2.45, 2.75) is 12.6 Å². The van der Waals surface area contributed by atoms with Crippen LogP contribution in [0.1, 0.15) is 16.2 Å². The molecule has 2 rings (SSSR count). The number of pyridine rings is 1. The van der Waals surface area contributed by atoms with Crippen molar-refractivity contribution in [3.63, 3.8) is 0 Å². The fraction of sp³-hybridized carbons (Fsp3) is 0.286. The van der Waals surface area contributed by atoms with Crippen LogP contribution in [0.2, 0.25) is 0 Å². The van der Waals surface area contributed by atoms with Crippen molar-refractivity contribution in [1.29, 1.82) is 0 Å². The van der Waals surface area contributed by atoms with Crippen LogP contribution < -0.4 is 10.1 Å². The van der Waals surface area contributed by atoms with E-state index in [-0.39, 0.29) is 24.0 Å². The van der Waals surface area contributed by atoms with Crippen LogP contribution >= 0.6 is 0 Å². The van der Waals surface area contributed by atoms with Crippen LogP contribution in [-0.2, 0) is 6.42 Å². The quantitative estimate of drug-likeness (QED) is 0.826. The number of aromatic nitrogens is 3. The molecule has 0 aliphatic rings. The van der Waals surface area contributed by atoms with Crippen LogP contribution in [0.15, 0.2) is 30.7 Å². The van der Waals surface area contributed by atoms with Gasteiger partial charge in [0, 0.05) is 18.8 Å². The van der Waals surface area contributed by atoms with Gasteiger partial charge in [-0.3, -0.25) is 4.79 Å². The predicted molar refractivity (Wildman–Crippen MR) is 75.5 cm³/mol. The summed E-state index contributed by atoms with van der Waals surface area (Å²) in [5, 5.41) is 11.6. The molecular formula is C14H13F3N4O3. The number of nitrogens with one attached hydrogen (secondary N) is 1. The average Bonchev–Trinajstić information content (AvgIpc) is 2.54. The second kappa shape index (κ2) is 7.57. The molecule has 2 aromatic heterocycles. The Morgan fingerprint density at radius 2 is 1.88 bits per heavy atom. The number of amides is 1. The monoisotopic (exact) mass is 342 g/mol. The topological polar surface area (TPSA) is 97.2 Å². The van der Waals surface area contributed by atoms with Crippen molar-refractivity contribution in [1.82, 2.24) is 20.3 Å². The van der Waals surface area contributed by atoms with E-state index in [0.717, 1.165) is 12.4 Å². The maximum Gasteiger partial charge on any atom is 0.422 e. The molecule has 0 radical (unpaired) electrons. The molecule has 0 saturated carbocycles. The number of carbonyl (C=O) groups is 1. The van der Waals surface area contributed by atoms with Crippen LogP contribution in [0, 0.1) is 0 Å². The lowest BCUT2D eigenvalue weighted by atomic mass is 10.2. The fourth-order valence-corrected chi connectivity index (χ4v) is 1.64. The number of alkyl halides is 3. The van der Waals surface area contributed by atoms with Crippen LogP contribution in [0.25, 0.3) is 0 Å². The summed E-state index contributed by atoms with van der Waals surface area (Å²) in [6, 6.07) is 2.88. The highest BCUT2D eigenvalue weighted by Gasteiger charge is 2.28. The molecule has 2 N–H and O–H groups in total. The predicted octanol–water partition coefficient (Wildman–Crippen LogP) is 1.49. The molecule has 0 unspecified atom stereocenters. The van der Waals surface area contributed by atoms with Gasteiger partial charge in [-0.15, -0.1) is 0 Å². The lowest BCUT2D eigenvalue weighted by Gasteiger charge is -2.09. The minimum Gasteiger partial charge on any atom is -0.505 e. The third-order valence-electron chi connectivity index (χ3n) is 2.72. The number of halogens is 3. The third kappa shape index (κ3) is 5.71. The van der Waals surface area contributed by atoms with Gasteiger partial charge in [0.05, 0.1) is 12.4 Å².